The van der Waals surface area contributed by atoms with Gasteiger partial charge in [-0.15, -0.1) is 0 Å². The summed E-state index contributed by atoms with van der Waals surface area (Å²) >= 11 is 0. The van der Waals surface area contributed by atoms with Gasteiger partial charge in [-0.25, -0.2) is 0 Å². The van der Waals surface area contributed by atoms with Gasteiger partial charge in [-0.1, -0.05) is 0 Å². The Hall–Kier alpha value is -0.610. The number of carbonyl (C=O) groups excluding carboxylic acids is 1. The Morgan fingerprint density at radius 1 is 1.50 bits per heavy atom. The van der Waals surface area contributed by atoms with Crippen LogP contribution in [0.1, 0.15) is 33.1 Å². The minimum absolute atomic E-state index is 0.124. The van der Waals surface area contributed by atoms with Crippen molar-refractivity contribution in [2.75, 3.05) is 26.3 Å². The molecule has 1 aliphatic rings. The van der Waals surface area contributed by atoms with E-state index in [1.807, 2.05) is 6.92 Å². The number of piperidine rings is 1. The third kappa shape index (κ3) is 4.10. The molecule has 1 aliphatic heterocycles. The predicted molar refractivity (Wildman–Crippen MR) is 62.1 cm³/mol. The summed E-state index contributed by atoms with van der Waals surface area (Å²) < 4.78 is 4.91. The monoisotopic (exact) mass is 229 g/mol. The average Bonchev–Trinajstić information content (AvgIpc) is 2.28. The van der Waals surface area contributed by atoms with Gasteiger partial charge >= 0.3 is 5.97 Å². The minimum atomic E-state index is -0.124. The van der Waals surface area contributed by atoms with E-state index >= 15 is 0 Å². The van der Waals surface area contributed by atoms with E-state index in [1.165, 1.54) is 0 Å². The zero-order chi connectivity index (χ0) is 12.0. The third-order valence-corrected chi connectivity index (χ3v) is 3.28. The van der Waals surface area contributed by atoms with Gasteiger partial charge in [-0.05, 0) is 32.6 Å². The molecule has 0 bridgehead atoms. The molecule has 1 rings (SSSR count). The number of nitrogens with zero attached hydrogens (tertiary/aromatic N) is 1. The summed E-state index contributed by atoms with van der Waals surface area (Å²) in [5, 5.41) is 9.14. The van der Waals surface area contributed by atoms with Gasteiger partial charge < -0.3 is 9.84 Å². The molecule has 0 amide bonds. The number of likely N-dealkylation sites (tertiary alicyclic amines) is 1. The van der Waals surface area contributed by atoms with Crippen molar-refractivity contribution in [2.45, 2.75) is 39.2 Å². The number of aliphatic hydroxyl groups excluding tert-OH is 1. The van der Waals surface area contributed by atoms with Gasteiger partial charge in [0.1, 0.15) is 0 Å². The summed E-state index contributed by atoms with van der Waals surface area (Å²) in [4.78, 5) is 13.5. The molecular formula is C12H23NO3. The summed E-state index contributed by atoms with van der Waals surface area (Å²) in [5.41, 5.74) is 0. The molecule has 1 N–H and O–H groups in total. The smallest absolute Gasteiger partial charge is 0.307 e. The van der Waals surface area contributed by atoms with Crippen LogP contribution in [0, 0.1) is 5.92 Å². The highest BCUT2D eigenvalue weighted by Gasteiger charge is 2.25. The van der Waals surface area contributed by atoms with Gasteiger partial charge in [0, 0.05) is 25.7 Å². The number of ether oxygens (including phenoxy) is 1. The Balaban J connectivity index is 2.30. The molecule has 0 saturated carbocycles. The first-order valence-electron chi connectivity index (χ1n) is 6.17. The summed E-state index contributed by atoms with van der Waals surface area (Å²) in [5.74, 6) is 0.249. The van der Waals surface area contributed by atoms with Gasteiger partial charge in [0.05, 0.1) is 13.0 Å². The molecule has 16 heavy (non-hydrogen) atoms. The van der Waals surface area contributed by atoms with Crippen molar-refractivity contribution in [3.63, 3.8) is 0 Å². The van der Waals surface area contributed by atoms with E-state index < -0.39 is 0 Å². The van der Waals surface area contributed by atoms with Gasteiger partial charge in [-0.3, -0.25) is 9.69 Å². The van der Waals surface area contributed by atoms with E-state index in [-0.39, 0.29) is 12.6 Å². The maximum atomic E-state index is 11.2. The normalized spacial score (nSPS) is 26.7. The molecule has 0 spiro atoms. The van der Waals surface area contributed by atoms with E-state index in [0.717, 1.165) is 25.9 Å². The summed E-state index contributed by atoms with van der Waals surface area (Å²) in [6.07, 6.45) is 2.65. The van der Waals surface area contributed by atoms with E-state index in [4.69, 9.17) is 9.84 Å². The fourth-order valence-corrected chi connectivity index (χ4v) is 2.19. The summed E-state index contributed by atoms with van der Waals surface area (Å²) in [7, 11) is 0. The number of rotatable bonds is 5. The molecular weight excluding hydrogens is 206 g/mol. The first-order chi connectivity index (χ1) is 7.67. The van der Waals surface area contributed by atoms with Crippen LogP contribution in [-0.2, 0) is 9.53 Å². The number of carbonyl (C=O) groups is 1. The van der Waals surface area contributed by atoms with Crippen molar-refractivity contribution in [2.24, 2.45) is 5.92 Å². The van der Waals surface area contributed by atoms with Crippen LogP contribution < -0.4 is 0 Å². The largest absolute Gasteiger partial charge is 0.466 e. The van der Waals surface area contributed by atoms with Crippen molar-refractivity contribution in [3.05, 3.63) is 0 Å². The molecule has 4 nitrogen and oxygen atoms in total. The van der Waals surface area contributed by atoms with Crippen molar-refractivity contribution in [1.29, 1.82) is 0 Å². The highest BCUT2D eigenvalue weighted by atomic mass is 16.5. The molecule has 1 saturated heterocycles. The van der Waals surface area contributed by atoms with Gasteiger partial charge in [-0.2, -0.15) is 0 Å². The molecule has 0 aromatic rings. The molecule has 2 atom stereocenters. The lowest BCUT2D eigenvalue weighted by Crippen LogP contribution is -2.43. The molecule has 1 heterocycles. The number of hydrogen-bond donors (Lipinski definition) is 1. The maximum Gasteiger partial charge on any atom is 0.307 e. The van der Waals surface area contributed by atoms with E-state index in [9.17, 15) is 4.79 Å². The van der Waals surface area contributed by atoms with E-state index in [2.05, 4.69) is 11.8 Å². The van der Waals surface area contributed by atoms with E-state index in [1.54, 1.807) is 0 Å². The molecule has 1 fully saturated rings. The Morgan fingerprint density at radius 3 is 2.88 bits per heavy atom. The number of esters is 1. The Labute approximate surface area is 97.6 Å². The first-order valence-corrected chi connectivity index (χ1v) is 6.17. The molecule has 0 aromatic carbocycles. The Bertz CT molecular complexity index is 220. The van der Waals surface area contributed by atoms with Crippen LogP contribution >= 0.6 is 0 Å². The SMILES string of the molecule is CCOC(=O)CCN1CC(CO)CCC1C. The second-order valence-corrected chi connectivity index (χ2v) is 4.52. The first kappa shape index (κ1) is 13.5. The lowest BCUT2D eigenvalue weighted by molar-refractivity contribution is -0.143. The zero-order valence-corrected chi connectivity index (χ0v) is 10.3. The molecule has 0 aromatic heterocycles. The molecule has 0 radical (unpaired) electrons. The standard InChI is InChI=1S/C12H23NO3/c1-3-16-12(15)6-7-13-8-11(9-14)5-4-10(13)2/h10-11,14H,3-9H2,1-2H3. The molecule has 4 heteroatoms. The second-order valence-electron chi connectivity index (χ2n) is 4.52. The van der Waals surface area contributed by atoms with E-state index in [0.29, 0.717) is 25.0 Å². The fraction of sp³-hybridized carbons (Fsp3) is 0.917. The van der Waals surface area contributed by atoms with Crippen LogP contribution in [0.4, 0.5) is 0 Å². The zero-order valence-electron chi connectivity index (χ0n) is 10.3. The van der Waals surface area contributed by atoms with Crippen molar-refractivity contribution in [3.8, 4) is 0 Å². The number of hydrogen-bond acceptors (Lipinski definition) is 4. The van der Waals surface area contributed by atoms with Crippen molar-refractivity contribution in [1.82, 2.24) is 4.90 Å². The fourth-order valence-electron chi connectivity index (χ4n) is 2.19. The summed E-state index contributed by atoms with van der Waals surface area (Å²) in [6.45, 7) is 6.35. The highest BCUT2D eigenvalue weighted by molar-refractivity contribution is 5.69. The second kappa shape index (κ2) is 6.86. The van der Waals surface area contributed by atoms with Crippen LogP contribution in [-0.4, -0.2) is 48.3 Å². The average molecular weight is 229 g/mol. The number of aliphatic hydroxyl groups is 1. The van der Waals surface area contributed by atoms with Crippen LogP contribution in [0.15, 0.2) is 0 Å². The van der Waals surface area contributed by atoms with Gasteiger partial charge in [0.2, 0.25) is 0 Å². The third-order valence-electron chi connectivity index (χ3n) is 3.28. The summed E-state index contributed by atoms with van der Waals surface area (Å²) in [6, 6.07) is 0.511. The minimum Gasteiger partial charge on any atom is -0.466 e. The van der Waals surface area contributed by atoms with Crippen molar-refractivity contribution < 1.29 is 14.6 Å². The molecule has 0 aliphatic carbocycles. The maximum absolute atomic E-state index is 11.2. The van der Waals surface area contributed by atoms with Crippen LogP contribution in [0.25, 0.3) is 0 Å². The predicted octanol–water partition coefficient (Wildman–Crippen LogP) is 1.03. The van der Waals surface area contributed by atoms with Crippen LogP contribution in [0.3, 0.4) is 0 Å². The molecule has 94 valence electrons. The Kier molecular flexibility index (Phi) is 5.77. The molecule has 2 unspecified atom stereocenters. The van der Waals surface area contributed by atoms with Crippen LogP contribution in [0.5, 0.6) is 0 Å². The Morgan fingerprint density at radius 2 is 2.25 bits per heavy atom. The highest BCUT2D eigenvalue weighted by Crippen LogP contribution is 2.21. The topological polar surface area (TPSA) is 49.8 Å². The van der Waals surface area contributed by atoms with Crippen molar-refractivity contribution >= 4 is 5.97 Å². The lowest BCUT2D eigenvalue weighted by Gasteiger charge is -2.37. The van der Waals surface area contributed by atoms with Gasteiger partial charge in [0.15, 0.2) is 0 Å². The van der Waals surface area contributed by atoms with Gasteiger partial charge in [0.25, 0.3) is 0 Å². The lowest BCUT2D eigenvalue weighted by atomic mass is 9.94. The quantitative estimate of drug-likeness (QED) is 0.715. The van der Waals surface area contributed by atoms with Crippen LogP contribution in [0.2, 0.25) is 0 Å².